The summed E-state index contributed by atoms with van der Waals surface area (Å²) < 4.78 is 31.7. The molecule has 0 atom stereocenters. The molecule has 5 rings (SSSR count). The molecule has 9 heteroatoms. The van der Waals surface area contributed by atoms with Crippen LogP contribution in [-0.4, -0.2) is 42.5 Å². The van der Waals surface area contributed by atoms with E-state index < -0.39 is 11.6 Å². The Morgan fingerprint density at radius 2 is 1.91 bits per heavy atom. The van der Waals surface area contributed by atoms with Crippen LogP contribution in [0.25, 0.3) is 22.3 Å². The minimum Gasteiger partial charge on any atom is -0.326 e. The molecular weight excluding hydrogens is 448 g/mol. The molecule has 182 valence electrons. The maximum Gasteiger partial charge on any atom is 0.229 e. The maximum atomic E-state index is 14.9. The first-order valence-electron chi connectivity index (χ1n) is 12.0. The molecule has 0 aliphatic carbocycles. The number of imidazole rings is 1. The van der Waals surface area contributed by atoms with Gasteiger partial charge in [0.05, 0.1) is 11.7 Å². The number of aromatic nitrogens is 5. The predicted molar refractivity (Wildman–Crippen MR) is 133 cm³/mol. The number of hydrogen-bond acceptors (Lipinski definition) is 6. The lowest BCUT2D eigenvalue weighted by Crippen LogP contribution is -2.31. The molecule has 1 N–H and O–H groups in total. The number of nitrogens with zero attached hydrogens (tertiary/aromatic N) is 6. The summed E-state index contributed by atoms with van der Waals surface area (Å²) in [6.45, 7) is 11.0. The Bertz CT molecular complexity index is 1400. The van der Waals surface area contributed by atoms with E-state index in [2.05, 4.69) is 38.2 Å². The number of halogens is 2. The van der Waals surface area contributed by atoms with Gasteiger partial charge < -0.3 is 9.88 Å². The molecule has 1 aliphatic rings. The zero-order chi connectivity index (χ0) is 24.7. The van der Waals surface area contributed by atoms with Crippen molar-refractivity contribution in [3.63, 3.8) is 0 Å². The second-order valence-electron chi connectivity index (χ2n) is 9.29. The van der Waals surface area contributed by atoms with E-state index in [1.165, 1.54) is 11.6 Å². The van der Waals surface area contributed by atoms with Gasteiger partial charge in [-0.15, -0.1) is 0 Å². The molecule has 4 aromatic rings. The molecule has 0 radical (unpaired) electrons. The topological polar surface area (TPSA) is 71.8 Å². The average Bonchev–Trinajstić information content (AvgIpc) is 3.17. The zero-order valence-electron chi connectivity index (χ0n) is 20.4. The summed E-state index contributed by atoms with van der Waals surface area (Å²) in [5.74, 6) is 0.358. The predicted octanol–water partition coefficient (Wildman–Crippen LogP) is 5.57. The van der Waals surface area contributed by atoms with Crippen LogP contribution in [0.4, 0.5) is 20.5 Å². The van der Waals surface area contributed by atoms with Gasteiger partial charge in [-0.25, -0.2) is 28.7 Å². The summed E-state index contributed by atoms with van der Waals surface area (Å²) in [6.07, 6.45) is 3.10. The summed E-state index contributed by atoms with van der Waals surface area (Å²) in [4.78, 5) is 20.0. The van der Waals surface area contributed by atoms with E-state index >= 15 is 0 Å². The van der Waals surface area contributed by atoms with Gasteiger partial charge in [0.25, 0.3) is 0 Å². The maximum absolute atomic E-state index is 14.9. The largest absolute Gasteiger partial charge is 0.326 e. The minimum absolute atomic E-state index is 0.0191. The lowest BCUT2D eigenvalue weighted by Gasteiger charge is -2.27. The second kappa shape index (κ2) is 9.30. The fraction of sp³-hybridized carbons (Fsp3) is 0.385. The Kier molecular flexibility index (Phi) is 6.19. The smallest absolute Gasteiger partial charge is 0.229 e. The first-order chi connectivity index (χ1) is 16.8. The standard InChI is InChI=1S/C26H29F2N7/c1-5-9-34-10-8-21-17(14-34)6-7-23(31-21)32-26-29-13-20(28)24(33-26)18-11-19(27)25-22(12-18)35(15(2)3)16(4)30-25/h6-7,11-13,15H,5,8-10,14H2,1-4H3,(H,29,31,32,33). The molecule has 0 amide bonds. The minimum atomic E-state index is -0.629. The third kappa shape index (κ3) is 4.48. The van der Waals surface area contributed by atoms with E-state index in [-0.39, 0.29) is 23.2 Å². The molecule has 4 heterocycles. The van der Waals surface area contributed by atoms with E-state index in [0.29, 0.717) is 22.7 Å². The van der Waals surface area contributed by atoms with E-state index in [0.717, 1.165) is 44.4 Å². The van der Waals surface area contributed by atoms with Crippen LogP contribution in [0.2, 0.25) is 0 Å². The molecule has 35 heavy (non-hydrogen) atoms. The Labute approximate surface area is 203 Å². The van der Waals surface area contributed by atoms with E-state index in [9.17, 15) is 8.78 Å². The first kappa shape index (κ1) is 23.3. The lowest BCUT2D eigenvalue weighted by molar-refractivity contribution is 0.252. The van der Waals surface area contributed by atoms with E-state index in [1.807, 2.05) is 31.4 Å². The number of pyridine rings is 1. The van der Waals surface area contributed by atoms with Crippen molar-refractivity contribution in [1.82, 2.24) is 29.4 Å². The SMILES string of the molecule is CCCN1CCc2nc(Nc3ncc(F)c(-c4cc(F)c5nc(C)n(C(C)C)c5c4)n3)ccc2C1. The van der Waals surface area contributed by atoms with Gasteiger partial charge in [-0.05, 0) is 57.5 Å². The average molecular weight is 478 g/mol. The van der Waals surface area contributed by atoms with Crippen molar-refractivity contribution >= 4 is 22.8 Å². The number of anilines is 2. The van der Waals surface area contributed by atoms with Crippen LogP contribution in [0, 0.1) is 18.6 Å². The van der Waals surface area contributed by atoms with Gasteiger partial charge in [-0.2, -0.15) is 0 Å². The quantitative estimate of drug-likeness (QED) is 0.392. The number of nitrogens with one attached hydrogen (secondary N) is 1. The molecule has 0 spiro atoms. The van der Waals surface area contributed by atoms with Crippen molar-refractivity contribution in [3.8, 4) is 11.3 Å². The third-order valence-corrected chi connectivity index (χ3v) is 6.37. The van der Waals surface area contributed by atoms with Gasteiger partial charge in [-0.1, -0.05) is 13.0 Å². The number of benzene rings is 1. The second-order valence-corrected chi connectivity index (χ2v) is 9.29. The normalized spacial score (nSPS) is 14.0. The van der Waals surface area contributed by atoms with Crippen LogP contribution in [0.1, 0.15) is 50.3 Å². The summed E-state index contributed by atoms with van der Waals surface area (Å²) >= 11 is 0. The molecule has 1 aliphatic heterocycles. The molecule has 0 saturated carbocycles. The van der Waals surface area contributed by atoms with Gasteiger partial charge in [0, 0.05) is 36.8 Å². The fourth-order valence-electron chi connectivity index (χ4n) is 4.85. The lowest BCUT2D eigenvalue weighted by atomic mass is 10.1. The highest BCUT2D eigenvalue weighted by Gasteiger charge is 2.20. The van der Waals surface area contributed by atoms with E-state index in [1.54, 1.807) is 6.07 Å². The molecule has 1 aromatic carbocycles. The molecule has 3 aromatic heterocycles. The van der Waals surface area contributed by atoms with Gasteiger partial charge in [0.1, 0.15) is 22.9 Å². The number of aryl methyl sites for hydroxylation is 1. The Hall–Kier alpha value is -3.46. The monoisotopic (exact) mass is 477 g/mol. The van der Waals surface area contributed by atoms with Crippen LogP contribution >= 0.6 is 0 Å². The Balaban J connectivity index is 1.46. The van der Waals surface area contributed by atoms with Crippen molar-refractivity contribution < 1.29 is 8.78 Å². The van der Waals surface area contributed by atoms with Crippen LogP contribution in [0.15, 0.2) is 30.5 Å². The van der Waals surface area contributed by atoms with Crippen LogP contribution in [0.3, 0.4) is 0 Å². The van der Waals surface area contributed by atoms with Crippen molar-refractivity contribution in [2.75, 3.05) is 18.4 Å². The van der Waals surface area contributed by atoms with Crippen LogP contribution in [0.5, 0.6) is 0 Å². The van der Waals surface area contributed by atoms with Crippen molar-refractivity contribution in [1.29, 1.82) is 0 Å². The van der Waals surface area contributed by atoms with Crippen molar-refractivity contribution in [2.24, 2.45) is 0 Å². The zero-order valence-corrected chi connectivity index (χ0v) is 20.4. The van der Waals surface area contributed by atoms with Gasteiger partial charge >= 0.3 is 0 Å². The fourth-order valence-corrected chi connectivity index (χ4v) is 4.85. The van der Waals surface area contributed by atoms with Crippen LogP contribution < -0.4 is 5.32 Å². The van der Waals surface area contributed by atoms with E-state index in [4.69, 9.17) is 4.98 Å². The summed E-state index contributed by atoms with van der Waals surface area (Å²) in [5, 5.41) is 3.09. The van der Waals surface area contributed by atoms with Crippen molar-refractivity contribution in [3.05, 3.63) is 59.2 Å². The first-order valence-corrected chi connectivity index (χ1v) is 12.0. The van der Waals surface area contributed by atoms with Crippen molar-refractivity contribution in [2.45, 2.75) is 53.1 Å². The van der Waals surface area contributed by atoms with Crippen LogP contribution in [-0.2, 0) is 13.0 Å². The Morgan fingerprint density at radius 3 is 2.69 bits per heavy atom. The number of fused-ring (bicyclic) bond motifs is 2. The highest BCUT2D eigenvalue weighted by Crippen LogP contribution is 2.30. The van der Waals surface area contributed by atoms with Gasteiger partial charge in [0.2, 0.25) is 5.95 Å². The summed E-state index contributed by atoms with van der Waals surface area (Å²) in [7, 11) is 0. The highest BCUT2D eigenvalue weighted by atomic mass is 19.1. The highest BCUT2D eigenvalue weighted by molar-refractivity contribution is 5.83. The van der Waals surface area contributed by atoms with Gasteiger partial charge in [-0.3, -0.25) is 4.90 Å². The molecule has 0 saturated heterocycles. The molecule has 0 unspecified atom stereocenters. The summed E-state index contributed by atoms with van der Waals surface area (Å²) in [6, 6.07) is 7.03. The van der Waals surface area contributed by atoms with Gasteiger partial charge in [0.15, 0.2) is 11.6 Å². The number of hydrogen-bond donors (Lipinski definition) is 1. The Morgan fingerprint density at radius 1 is 1.09 bits per heavy atom. The third-order valence-electron chi connectivity index (χ3n) is 6.37. The molecule has 7 nitrogen and oxygen atoms in total. The summed E-state index contributed by atoms with van der Waals surface area (Å²) in [5.41, 5.74) is 3.49. The molecular formula is C26H29F2N7. The molecule has 0 fully saturated rings. The molecule has 0 bridgehead atoms. The number of rotatable bonds is 6.